The van der Waals surface area contributed by atoms with Gasteiger partial charge in [-0.2, -0.15) is 0 Å². The fraction of sp³-hybridized carbons (Fsp3) is 0.380. The lowest BCUT2D eigenvalue weighted by molar-refractivity contribution is -0.143. The van der Waals surface area contributed by atoms with Gasteiger partial charge in [0.25, 0.3) is 0 Å². The molecule has 16 nitrogen and oxygen atoms in total. The number of thiophene rings is 1. The normalized spacial score (nSPS) is 18.1. The van der Waals surface area contributed by atoms with Gasteiger partial charge < -0.3 is 29.9 Å². The minimum Gasteiger partial charge on any atom is -0.489 e. The summed E-state index contributed by atoms with van der Waals surface area (Å²) >= 11 is 3.20. The molecule has 3 aromatic carbocycles. The monoisotopic (exact) mass is 959 g/mol. The number of fused-ring (bicyclic) bond motifs is 3. The van der Waals surface area contributed by atoms with Crippen LogP contribution in [0.4, 0.5) is 4.79 Å². The summed E-state index contributed by atoms with van der Waals surface area (Å²) in [6.07, 6.45) is -3.49. The number of aliphatic hydroxyl groups excluding tert-OH is 2. The van der Waals surface area contributed by atoms with Gasteiger partial charge >= 0.3 is 6.09 Å². The van der Waals surface area contributed by atoms with Gasteiger partial charge in [-0.15, -0.1) is 32.9 Å². The first-order chi connectivity index (χ1) is 32.4. The van der Waals surface area contributed by atoms with Crippen molar-refractivity contribution in [3.05, 3.63) is 123 Å². The molecule has 68 heavy (non-hydrogen) atoms. The largest absolute Gasteiger partial charge is 0.489 e. The third kappa shape index (κ3) is 9.96. The van der Waals surface area contributed by atoms with Crippen molar-refractivity contribution in [2.45, 2.75) is 98.4 Å². The number of benzene rings is 3. The molecule has 0 aliphatic carbocycles. The van der Waals surface area contributed by atoms with E-state index < -0.39 is 48.0 Å². The van der Waals surface area contributed by atoms with Crippen LogP contribution >= 0.6 is 22.7 Å². The molecule has 356 valence electrons. The number of rotatable bonds is 13. The van der Waals surface area contributed by atoms with Crippen molar-refractivity contribution in [1.29, 1.82) is 0 Å². The van der Waals surface area contributed by atoms with Crippen LogP contribution in [0.15, 0.2) is 83.3 Å². The van der Waals surface area contributed by atoms with Crippen molar-refractivity contribution in [2.24, 2.45) is 10.4 Å². The highest BCUT2D eigenvalue weighted by Crippen LogP contribution is 2.39. The van der Waals surface area contributed by atoms with Crippen LogP contribution in [0.5, 0.6) is 5.75 Å². The smallest absolute Gasteiger partial charge is 0.408 e. The van der Waals surface area contributed by atoms with E-state index in [1.165, 1.54) is 12.0 Å². The molecule has 18 heteroatoms. The van der Waals surface area contributed by atoms with E-state index in [1.807, 2.05) is 124 Å². The van der Waals surface area contributed by atoms with E-state index >= 15 is 0 Å². The molecule has 2 aliphatic rings. The van der Waals surface area contributed by atoms with Gasteiger partial charge in [-0.3, -0.25) is 29.8 Å². The number of nitrogens with one attached hydrogen (secondary N) is 3. The molecule has 3 amide bonds. The molecule has 1 fully saturated rings. The first-order valence-corrected chi connectivity index (χ1v) is 24.1. The Morgan fingerprint density at radius 3 is 2.19 bits per heavy atom. The van der Waals surface area contributed by atoms with E-state index in [2.05, 4.69) is 45.0 Å². The predicted octanol–water partition coefficient (Wildman–Crippen LogP) is 7.10. The number of likely N-dealkylation sites (tertiary alicyclic amines) is 1. The van der Waals surface area contributed by atoms with Crippen LogP contribution in [0, 0.1) is 33.1 Å². The minimum absolute atomic E-state index is 0.00684. The second kappa shape index (κ2) is 19.7. The second-order valence-corrected chi connectivity index (χ2v) is 20.4. The highest BCUT2D eigenvalue weighted by Gasteiger charge is 2.45. The predicted molar refractivity (Wildman–Crippen MR) is 262 cm³/mol. The highest BCUT2D eigenvalue weighted by atomic mass is 32.1. The van der Waals surface area contributed by atoms with Crippen molar-refractivity contribution < 1.29 is 34.1 Å². The number of ether oxygens (including phenoxy) is 2. The van der Waals surface area contributed by atoms with Gasteiger partial charge in [-0.05, 0) is 80.0 Å². The van der Waals surface area contributed by atoms with Crippen LogP contribution in [0.1, 0.15) is 90.8 Å². The van der Waals surface area contributed by atoms with Crippen LogP contribution < -0.4 is 20.7 Å². The Bertz CT molecular complexity index is 2830. The van der Waals surface area contributed by atoms with E-state index in [-0.39, 0.29) is 31.5 Å². The molecule has 6 aromatic rings. The molecule has 0 spiro atoms. The minimum atomic E-state index is -1.24. The number of carbonyl (C=O) groups excluding carboxylic acids is 3. The quantitative estimate of drug-likeness (QED) is 0.0739. The highest BCUT2D eigenvalue weighted by molar-refractivity contribution is 7.15. The Hall–Kier alpha value is -6.31. The van der Waals surface area contributed by atoms with E-state index in [9.17, 15) is 24.6 Å². The molecule has 0 bridgehead atoms. The maximum absolute atomic E-state index is 14.3. The van der Waals surface area contributed by atoms with E-state index in [1.54, 1.807) is 22.7 Å². The molecular weight excluding hydrogens is 903 g/mol. The molecule has 1 saturated heterocycles. The van der Waals surface area contributed by atoms with Crippen molar-refractivity contribution >= 4 is 46.3 Å². The Balaban J connectivity index is 0.903. The standard InChI is InChI=1S/C50H57N9O7S2/c1-26-29(4)68-48-40(26)41(54-44(55-49(64)65-9)45-57-56-30(5)59(45)48)34-14-12-32(13-15-34)33-18-20-37(21-19-33)66-24-39(61)53-43(50(6,7)8)47(63)58-23-36(60)22-38(58)46(62)52-27(2)31-10-16-35(17-11-31)42-28(3)51-25-67-42/h10-21,25,27,36,38-39,43-44,53,60-61H,22-24H2,1-9H3,(H,52,62)(H,55,64)/t27-,36+,38-,39?,43+,44+/m0/s1. The lowest BCUT2D eigenvalue weighted by Crippen LogP contribution is -2.59. The van der Waals surface area contributed by atoms with E-state index in [0.717, 1.165) is 59.4 Å². The number of aliphatic imine (C=N–C) groups is 1. The maximum atomic E-state index is 14.3. The van der Waals surface area contributed by atoms with Gasteiger partial charge in [0.2, 0.25) is 11.8 Å². The van der Waals surface area contributed by atoms with Gasteiger partial charge in [-0.25, -0.2) is 9.78 Å². The fourth-order valence-corrected chi connectivity index (χ4v) is 10.7. The number of aromatic nitrogens is 4. The number of carbonyl (C=O) groups is 3. The average Bonchev–Trinajstić information content (AvgIpc) is 4.09. The lowest BCUT2D eigenvalue weighted by Gasteiger charge is -2.36. The van der Waals surface area contributed by atoms with Crippen LogP contribution in [0.3, 0.4) is 0 Å². The molecule has 0 saturated carbocycles. The Kier molecular flexibility index (Phi) is 14.0. The number of β-amino-alcohol motifs (C(OH)–C–C–N with tert-alkyl or cyclic N) is 1. The Morgan fingerprint density at radius 1 is 0.912 bits per heavy atom. The summed E-state index contributed by atoms with van der Waals surface area (Å²) in [5.41, 5.74) is 9.52. The number of hydrogen-bond donors (Lipinski definition) is 5. The molecule has 5 N–H and O–H groups in total. The average molecular weight is 960 g/mol. The van der Waals surface area contributed by atoms with E-state index in [0.29, 0.717) is 23.1 Å². The summed E-state index contributed by atoms with van der Waals surface area (Å²) in [6, 6.07) is 21.3. The zero-order valence-electron chi connectivity index (χ0n) is 39.5. The molecule has 8 rings (SSSR count). The Labute approximate surface area is 403 Å². The summed E-state index contributed by atoms with van der Waals surface area (Å²) < 4.78 is 12.9. The number of amides is 3. The first-order valence-electron chi connectivity index (χ1n) is 22.4. The van der Waals surface area contributed by atoms with Gasteiger partial charge in [0.15, 0.2) is 12.0 Å². The molecular formula is C50H57N9O7S2. The number of methoxy groups -OCH3 is 1. The lowest BCUT2D eigenvalue weighted by atomic mass is 9.85. The van der Waals surface area contributed by atoms with Gasteiger partial charge in [0.1, 0.15) is 35.5 Å². The number of aliphatic hydroxyl groups is 2. The number of aryl methyl sites for hydroxylation is 3. The molecule has 2 aliphatic heterocycles. The summed E-state index contributed by atoms with van der Waals surface area (Å²) in [7, 11) is 1.30. The van der Waals surface area contributed by atoms with Crippen molar-refractivity contribution in [1.82, 2.24) is 40.6 Å². The zero-order valence-corrected chi connectivity index (χ0v) is 41.2. The van der Waals surface area contributed by atoms with Crippen LogP contribution in [-0.2, 0) is 14.3 Å². The van der Waals surface area contributed by atoms with Crippen molar-refractivity contribution in [2.75, 3.05) is 20.3 Å². The van der Waals surface area contributed by atoms with Gasteiger partial charge in [-0.1, -0.05) is 81.4 Å². The summed E-state index contributed by atoms with van der Waals surface area (Å²) in [5.74, 6) is 0.920. The molecule has 1 unspecified atom stereocenters. The number of hydrogen-bond acceptors (Lipinski definition) is 14. The number of nitrogens with zero attached hydrogens (tertiary/aromatic N) is 6. The summed E-state index contributed by atoms with van der Waals surface area (Å²) in [5, 5.41) is 40.5. The zero-order chi connectivity index (χ0) is 48.6. The summed E-state index contributed by atoms with van der Waals surface area (Å²) in [4.78, 5) is 53.5. The molecule has 3 aromatic heterocycles. The number of thiazole rings is 1. The van der Waals surface area contributed by atoms with Crippen molar-refractivity contribution in [3.8, 4) is 32.3 Å². The second-order valence-electron chi connectivity index (χ2n) is 18.3. The SMILES string of the molecule is COC(=O)N[C@H]1N=C(c2ccc(-c3ccc(OCC(O)N[C@H](C(=O)N4C[C@H](O)C[C@H]4C(=O)N[C@@H](C)c4ccc(-c5scnc5C)cc4)C(C)(C)C)cc3)cc2)c2c(sc(C)c2C)-n2c(C)nnc21. The third-order valence-electron chi connectivity index (χ3n) is 12.5. The third-order valence-corrected chi connectivity index (χ3v) is 14.6. The molecule has 0 radical (unpaired) electrons. The first kappa shape index (κ1) is 48.2. The fourth-order valence-electron chi connectivity index (χ4n) is 8.63. The van der Waals surface area contributed by atoms with Gasteiger partial charge in [0, 0.05) is 29.0 Å². The molecule has 6 atom stereocenters. The van der Waals surface area contributed by atoms with Crippen LogP contribution in [0.2, 0.25) is 0 Å². The van der Waals surface area contributed by atoms with Gasteiger partial charge in [0.05, 0.1) is 47.1 Å². The number of alkyl carbamates (subject to hydrolysis) is 1. The van der Waals surface area contributed by atoms with E-state index in [4.69, 9.17) is 14.5 Å². The summed E-state index contributed by atoms with van der Waals surface area (Å²) in [6.45, 7) is 15.3. The Morgan fingerprint density at radius 2 is 1.56 bits per heavy atom. The van der Waals surface area contributed by atoms with Crippen LogP contribution in [-0.4, -0.2) is 103 Å². The van der Waals surface area contributed by atoms with Crippen molar-refractivity contribution in [3.63, 3.8) is 0 Å². The molecule has 5 heterocycles. The van der Waals surface area contributed by atoms with Crippen LogP contribution in [0.25, 0.3) is 26.6 Å². The maximum Gasteiger partial charge on any atom is 0.408 e. The topological polar surface area (TPSA) is 205 Å².